The zero-order valence-corrected chi connectivity index (χ0v) is 9.93. The number of likely N-dealkylation sites (N-methyl/N-ethyl adjacent to an activating group) is 1. The van der Waals surface area contributed by atoms with Gasteiger partial charge in [0.1, 0.15) is 5.75 Å². The summed E-state index contributed by atoms with van der Waals surface area (Å²) < 4.78 is 209. The van der Waals surface area contributed by atoms with Gasteiger partial charge in [0.05, 0.1) is 15.3 Å². The molecule has 0 amide bonds. The van der Waals surface area contributed by atoms with Gasteiger partial charge in [-0.1, -0.05) is 18.8 Å². The Hall–Kier alpha value is -1.02. The standard InChI is InChI=1S/C18H25NO/c1-19-10-9-18-8-4-3-5-15(18)17(19)11-13-6-7-14(20-2)12-16(13)18/h6-7,12,15,17H,3-5,8-11H2,1-2H3/t15-,17?,18+/m1/s1/i1D3,2D3,3D2,4D2,5D2,6D,7D,8D2,9D2,10D2,11D2,12D,15D. The van der Waals surface area contributed by atoms with Gasteiger partial charge in [-0.25, -0.2) is 0 Å². The molecule has 0 radical (unpaired) electrons. The van der Waals surface area contributed by atoms with Crippen molar-refractivity contribution in [3.63, 3.8) is 0 Å². The molecule has 2 heteroatoms. The average Bonchev–Trinajstić information content (AvgIpc) is 2.78. The molecule has 1 aromatic rings. The van der Waals surface area contributed by atoms with E-state index in [1.807, 2.05) is 0 Å². The van der Waals surface area contributed by atoms with Gasteiger partial charge in [-0.05, 0) is 68.1 Å². The molecular formula is C18H25NO. The molecule has 3 atom stereocenters. The molecule has 20 heavy (non-hydrogen) atoms. The molecule has 4 rings (SSSR count). The fourth-order valence-corrected chi connectivity index (χ4v) is 2.46. The number of ether oxygens (including phenoxy) is 1. The summed E-state index contributed by atoms with van der Waals surface area (Å²) >= 11 is 0. The van der Waals surface area contributed by atoms with Crippen LogP contribution in [-0.2, 0) is 11.8 Å². The summed E-state index contributed by atoms with van der Waals surface area (Å²) in [7, 11) is -3.54. The van der Waals surface area contributed by atoms with Crippen LogP contribution in [0.1, 0.15) is 75.9 Å². The van der Waals surface area contributed by atoms with Crippen LogP contribution < -0.4 is 4.74 Å². The van der Waals surface area contributed by atoms with E-state index in [1.165, 1.54) is 0 Å². The molecule has 0 spiro atoms. The van der Waals surface area contributed by atoms with Gasteiger partial charge in [0.15, 0.2) is 0 Å². The molecule has 0 aromatic heterocycles. The van der Waals surface area contributed by atoms with Gasteiger partial charge in [-0.15, -0.1) is 0 Å². The third-order valence-corrected chi connectivity index (χ3v) is 3.36. The smallest absolute Gasteiger partial charge is 0.119 e. The first-order chi connectivity index (χ1) is 19.1. The first-order valence-corrected chi connectivity index (χ1v) is 5.69. The minimum absolute atomic E-state index is 0.571. The Morgan fingerprint density at radius 1 is 1.50 bits per heavy atom. The van der Waals surface area contributed by atoms with Crippen LogP contribution in [0.2, 0.25) is 0 Å². The van der Waals surface area contributed by atoms with Crippen molar-refractivity contribution >= 4 is 0 Å². The number of methoxy groups -OCH3 is 1. The Balaban J connectivity index is 2.53. The second-order valence-electron chi connectivity index (χ2n) is 4.37. The Morgan fingerprint density at radius 3 is 3.40 bits per heavy atom. The van der Waals surface area contributed by atoms with Gasteiger partial charge in [-0.3, -0.25) is 0 Å². The fourth-order valence-electron chi connectivity index (χ4n) is 2.46. The highest BCUT2D eigenvalue weighted by Crippen LogP contribution is 2.55. The van der Waals surface area contributed by atoms with Gasteiger partial charge < -0.3 is 9.64 Å². The Morgan fingerprint density at radius 2 is 2.50 bits per heavy atom. The fraction of sp³-hybridized carbons (Fsp3) is 0.667. The Labute approximate surface area is 155 Å². The van der Waals surface area contributed by atoms with Crippen LogP contribution >= 0.6 is 0 Å². The SMILES string of the molecule is [2H]c1c([2H])c2c(c([2H])c1OC([2H])([2H])[2H])[C@@]13C([2H])([2H])C([2H])([2H])N(C([2H])([2H])[2H])C(C2([2H])[2H])[C@@]1([2H])C([2H])([2H])C([2H])([2H])C([2H])([2H])C3([2H])[2H]. The van der Waals surface area contributed by atoms with E-state index in [2.05, 4.69) is 4.74 Å². The van der Waals surface area contributed by atoms with E-state index in [4.69, 9.17) is 31.5 Å². The molecular weight excluding hydrogens is 246 g/mol. The molecule has 2 fully saturated rings. The largest absolute Gasteiger partial charge is 0.497 e. The number of nitrogens with zero attached hydrogens (tertiary/aromatic N) is 1. The van der Waals surface area contributed by atoms with Crippen molar-refractivity contribution in [3.05, 3.63) is 29.3 Å². The summed E-state index contributed by atoms with van der Waals surface area (Å²) in [5, 5.41) is 0. The van der Waals surface area contributed by atoms with Crippen molar-refractivity contribution in [2.75, 3.05) is 20.5 Å². The summed E-state index contributed by atoms with van der Waals surface area (Å²) in [5.41, 5.74) is -7.39. The molecule has 108 valence electrons. The highest BCUT2D eigenvalue weighted by atomic mass is 16.5. The second kappa shape index (κ2) is 4.49. The lowest BCUT2D eigenvalue weighted by Gasteiger charge is -2.58. The first kappa shape index (κ1) is 2.90. The Kier molecular flexibility index (Phi) is 0.652. The lowest BCUT2D eigenvalue weighted by Crippen LogP contribution is -2.59. The van der Waals surface area contributed by atoms with Crippen molar-refractivity contribution in [1.29, 1.82) is 0 Å². The van der Waals surface area contributed by atoms with Gasteiger partial charge in [0.25, 0.3) is 0 Å². The highest BCUT2D eigenvalue weighted by molar-refractivity contribution is 5.45. The highest BCUT2D eigenvalue weighted by Gasteiger charge is 2.53. The summed E-state index contributed by atoms with van der Waals surface area (Å²) in [5.74, 6) is -5.72. The summed E-state index contributed by atoms with van der Waals surface area (Å²) in [6.45, 7) is -8.18. The molecule has 1 saturated carbocycles. The molecule has 2 aliphatic carbocycles. The third kappa shape index (κ3) is 1.60. The maximum atomic E-state index is 9.57. The lowest BCUT2D eigenvalue weighted by atomic mass is 9.52. The predicted octanol–water partition coefficient (Wildman–Crippen LogP) is 3.38. The van der Waals surface area contributed by atoms with E-state index < -0.39 is 116 Å². The van der Waals surface area contributed by atoms with Crippen molar-refractivity contribution in [1.82, 2.24) is 4.90 Å². The van der Waals surface area contributed by atoms with Crippen LogP contribution in [0, 0.1) is 5.89 Å². The topological polar surface area (TPSA) is 12.5 Å². The molecule has 1 saturated heterocycles. The van der Waals surface area contributed by atoms with Crippen LogP contribution in [0.5, 0.6) is 5.75 Å². The maximum Gasteiger partial charge on any atom is 0.119 e. The number of likely N-dealkylation sites (tertiary alicyclic amines) is 1. The van der Waals surface area contributed by atoms with E-state index in [1.54, 1.807) is 0 Å². The molecule has 2 bridgehead atoms. The van der Waals surface area contributed by atoms with Crippen molar-refractivity contribution in [2.45, 2.75) is 49.7 Å². The van der Waals surface area contributed by atoms with Gasteiger partial charge in [0, 0.05) is 36.1 Å². The predicted molar refractivity (Wildman–Crippen MR) is 81.4 cm³/mol. The van der Waals surface area contributed by atoms with Crippen LogP contribution in [0.3, 0.4) is 0 Å². The summed E-state index contributed by atoms with van der Waals surface area (Å²) in [4.78, 5) is -0.571. The number of hydrogen-bond acceptors (Lipinski definition) is 2. The minimum Gasteiger partial charge on any atom is -0.497 e. The molecule has 1 unspecified atom stereocenters. The van der Waals surface area contributed by atoms with Crippen LogP contribution in [0.15, 0.2) is 18.1 Å². The minimum atomic E-state index is -4.43. The van der Waals surface area contributed by atoms with E-state index >= 15 is 0 Å². The monoisotopic (exact) mass is 295 g/mol. The summed E-state index contributed by atoms with van der Waals surface area (Å²) in [6.07, 6.45) is -25.5. The zero-order chi connectivity index (χ0) is 34.8. The first-order valence-electron chi connectivity index (χ1n) is 17.7. The normalized spacial score (nSPS) is 76.3. The number of benzene rings is 1. The van der Waals surface area contributed by atoms with Gasteiger partial charge >= 0.3 is 0 Å². The number of rotatable bonds is 1. The van der Waals surface area contributed by atoms with Crippen molar-refractivity contribution < 1.29 is 37.6 Å². The van der Waals surface area contributed by atoms with E-state index in [9.17, 15) is 1.37 Å². The average molecular weight is 296 g/mol. The van der Waals surface area contributed by atoms with Crippen LogP contribution in [0.4, 0.5) is 0 Å². The molecule has 2 nitrogen and oxygen atoms in total. The maximum absolute atomic E-state index is 9.57. The molecule has 1 aliphatic heterocycles. The molecule has 3 aliphatic rings. The Bertz CT molecular complexity index is 1420. The number of hydrogen-bond donors (Lipinski definition) is 0. The van der Waals surface area contributed by atoms with Gasteiger partial charge in [0.2, 0.25) is 0 Å². The second-order valence-corrected chi connectivity index (χ2v) is 4.37. The van der Waals surface area contributed by atoms with E-state index in [-0.39, 0.29) is 0 Å². The van der Waals surface area contributed by atoms with Gasteiger partial charge in [-0.2, -0.15) is 0 Å². The van der Waals surface area contributed by atoms with Crippen LogP contribution in [0.25, 0.3) is 0 Å². The number of fused-ring (bicyclic) bond motifs is 1. The molecule has 0 N–H and O–H groups in total. The van der Waals surface area contributed by atoms with E-state index in [0.29, 0.717) is 0 Å². The molecule has 1 heterocycles. The number of piperidine rings is 1. The van der Waals surface area contributed by atoms with Crippen molar-refractivity contribution in [2.24, 2.45) is 5.89 Å². The summed E-state index contributed by atoms with van der Waals surface area (Å²) in [6, 6.07) is -7.75. The zero-order valence-electron chi connectivity index (χ0n) is 33.9. The quantitative estimate of drug-likeness (QED) is 0.787. The molecule has 1 aromatic carbocycles. The van der Waals surface area contributed by atoms with Crippen molar-refractivity contribution in [3.8, 4) is 5.75 Å². The van der Waals surface area contributed by atoms with E-state index in [0.717, 1.165) is 0 Å². The third-order valence-electron chi connectivity index (χ3n) is 3.36. The lowest BCUT2D eigenvalue weighted by molar-refractivity contribution is 0.00274. The van der Waals surface area contributed by atoms with Crippen LogP contribution in [-0.4, -0.2) is 31.5 Å².